The largest absolute Gasteiger partial charge is 0.389 e. The van der Waals surface area contributed by atoms with E-state index in [1.165, 1.54) is 64.2 Å². The third kappa shape index (κ3) is 2.55. The molecule has 2 aliphatic rings. The fraction of sp³-hybridized carbons (Fsp3) is 0.929. The first-order valence-electron chi connectivity index (χ1n) is 6.79. The van der Waals surface area contributed by atoms with Crippen molar-refractivity contribution >= 4 is 0 Å². The van der Waals surface area contributed by atoms with Crippen molar-refractivity contribution in [1.82, 2.24) is 0 Å². The lowest BCUT2D eigenvalue weighted by Gasteiger charge is -2.43. The average molecular weight is 209 g/mol. The summed E-state index contributed by atoms with van der Waals surface area (Å²) in [6.45, 7) is 4.17. The predicted molar refractivity (Wildman–Crippen MR) is 63.5 cm³/mol. The zero-order chi connectivity index (χ0) is 10.7. The molecule has 0 spiro atoms. The Balaban J connectivity index is 1.96. The fourth-order valence-corrected chi connectivity index (χ4v) is 3.54. The standard InChI is InChI=1S/C14H25O/c1-14(15,12-8-4-2-5-9-12)13-10-6-3-7-11-13/h12-13,15H,1-11H2. The molecule has 0 saturated heterocycles. The van der Waals surface area contributed by atoms with E-state index in [9.17, 15) is 5.11 Å². The van der Waals surface area contributed by atoms with Gasteiger partial charge in [0.15, 0.2) is 0 Å². The van der Waals surface area contributed by atoms with Crippen LogP contribution in [0.15, 0.2) is 0 Å². The molecule has 0 aromatic rings. The van der Waals surface area contributed by atoms with Crippen LogP contribution in [0.4, 0.5) is 0 Å². The summed E-state index contributed by atoms with van der Waals surface area (Å²) in [5.74, 6) is 0.962. The second-order valence-corrected chi connectivity index (χ2v) is 5.66. The van der Waals surface area contributed by atoms with E-state index in [-0.39, 0.29) is 0 Å². The van der Waals surface area contributed by atoms with Crippen molar-refractivity contribution in [2.24, 2.45) is 11.8 Å². The van der Waals surface area contributed by atoms with Gasteiger partial charge in [0, 0.05) is 0 Å². The Hall–Kier alpha value is -0.0400. The lowest BCUT2D eigenvalue weighted by atomic mass is 9.67. The number of hydrogen-bond acceptors (Lipinski definition) is 1. The van der Waals surface area contributed by atoms with E-state index in [4.69, 9.17) is 0 Å². The molecule has 0 aromatic heterocycles. The highest BCUT2D eigenvalue weighted by atomic mass is 16.3. The van der Waals surface area contributed by atoms with E-state index in [1.54, 1.807) is 0 Å². The molecule has 0 amide bonds. The van der Waals surface area contributed by atoms with Crippen LogP contribution in [-0.4, -0.2) is 10.7 Å². The quantitative estimate of drug-likeness (QED) is 0.735. The van der Waals surface area contributed by atoms with Crippen LogP contribution < -0.4 is 0 Å². The van der Waals surface area contributed by atoms with Gasteiger partial charge in [-0.2, -0.15) is 0 Å². The fourth-order valence-electron chi connectivity index (χ4n) is 3.54. The molecule has 1 N–H and O–H groups in total. The van der Waals surface area contributed by atoms with Gasteiger partial charge in [-0.3, -0.25) is 0 Å². The van der Waals surface area contributed by atoms with Crippen molar-refractivity contribution in [3.63, 3.8) is 0 Å². The summed E-state index contributed by atoms with van der Waals surface area (Å²) in [5, 5.41) is 10.7. The lowest BCUT2D eigenvalue weighted by Crippen LogP contribution is -2.44. The van der Waals surface area contributed by atoms with E-state index >= 15 is 0 Å². The normalized spacial score (nSPS) is 26.8. The molecule has 0 atom stereocenters. The van der Waals surface area contributed by atoms with Crippen LogP contribution in [0, 0.1) is 18.8 Å². The minimum Gasteiger partial charge on any atom is -0.389 e. The summed E-state index contributed by atoms with van der Waals surface area (Å²) in [4.78, 5) is 0. The van der Waals surface area contributed by atoms with Crippen molar-refractivity contribution in [2.75, 3.05) is 0 Å². The summed E-state index contributed by atoms with van der Waals surface area (Å²) in [6.07, 6.45) is 12.7. The highest BCUT2D eigenvalue weighted by molar-refractivity contribution is 4.96. The molecule has 2 saturated carbocycles. The van der Waals surface area contributed by atoms with E-state index < -0.39 is 5.60 Å². The second-order valence-electron chi connectivity index (χ2n) is 5.66. The molecule has 2 rings (SSSR count). The summed E-state index contributed by atoms with van der Waals surface area (Å²) < 4.78 is 0. The number of aliphatic hydroxyl groups is 1. The first-order chi connectivity index (χ1) is 7.21. The number of hydrogen-bond donors (Lipinski definition) is 1. The molecule has 1 nitrogen and oxygen atoms in total. The van der Waals surface area contributed by atoms with Crippen LogP contribution in [-0.2, 0) is 0 Å². The first-order valence-corrected chi connectivity index (χ1v) is 6.79. The molecule has 2 aliphatic carbocycles. The van der Waals surface area contributed by atoms with Crippen molar-refractivity contribution in [1.29, 1.82) is 0 Å². The van der Waals surface area contributed by atoms with Crippen LogP contribution in [0.5, 0.6) is 0 Å². The topological polar surface area (TPSA) is 20.2 Å². The Morgan fingerprint density at radius 1 is 0.733 bits per heavy atom. The Bertz CT molecular complexity index is 166. The average Bonchev–Trinajstić information content (AvgIpc) is 2.31. The molecule has 87 valence electrons. The predicted octanol–water partition coefficient (Wildman–Crippen LogP) is 3.71. The van der Waals surface area contributed by atoms with Crippen molar-refractivity contribution in [3.05, 3.63) is 6.92 Å². The molecule has 0 aromatic carbocycles. The van der Waals surface area contributed by atoms with E-state index in [0.717, 1.165) is 0 Å². The molecule has 0 bridgehead atoms. The van der Waals surface area contributed by atoms with E-state index in [2.05, 4.69) is 6.92 Å². The Labute approximate surface area is 94.3 Å². The van der Waals surface area contributed by atoms with Gasteiger partial charge in [-0.15, -0.1) is 0 Å². The Morgan fingerprint density at radius 2 is 1.07 bits per heavy atom. The van der Waals surface area contributed by atoms with Gasteiger partial charge in [0.25, 0.3) is 0 Å². The summed E-state index contributed by atoms with van der Waals surface area (Å²) in [6, 6.07) is 0. The molecule has 15 heavy (non-hydrogen) atoms. The van der Waals surface area contributed by atoms with Gasteiger partial charge in [-0.05, 0) is 44.4 Å². The lowest BCUT2D eigenvalue weighted by molar-refractivity contribution is -0.0541. The van der Waals surface area contributed by atoms with Crippen molar-refractivity contribution < 1.29 is 5.11 Å². The van der Waals surface area contributed by atoms with Gasteiger partial charge < -0.3 is 5.11 Å². The maximum Gasteiger partial charge on any atom is 0.0704 e. The molecule has 0 aliphatic heterocycles. The van der Waals surface area contributed by atoms with Crippen LogP contribution in [0.2, 0.25) is 0 Å². The first kappa shape index (κ1) is 11.4. The second kappa shape index (κ2) is 4.86. The molecule has 0 unspecified atom stereocenters. The van der Waals surface area contributed by atoms with Crippen molar-refractivity contribution in [2.45, 2.75) is 69.8 Å². The third-order valence-corrected chi connectivity index (χ3v) is 4.62. The van der Waals surface area contributed by atoms with Crippen LogP contribution in [0.25, 0.3) is 0 Å². The Morgan fingerprint density at radius 3 is 1.40 bits per heavy atom. The molecule has 1 heteroatoms. The van der Waals surface area contributed by atoms with Crippen LogP contribution in [0.3, 0.4) is 0 Å². The highest BCUT2D eigenvalue weighted by Gasteiger charge is 2.40. The zero-order valence-corrected chi connectivity index (χ0v) is 9.88. The van der Waals surface area contributed by atoms with Gasteiger partial charge in [0.1, 0.15) is 0 Å². The summed E-state index contributed by atoms with van der Waals surface area (Å²) in [7, 11) is 0. The van der Waals surface area contributed by atoms with Crippen LogP contribution in [0.1, 0.15) is 64.2 Å². The molecular weight excluding hydrogens is 184 g/mol. The minimum atomic E-state index is -0.610. The summed E-state index contributed by atoms with van der Waals surface area (Å²) in [5.41, 5.74) is -0.610. The van der Waals surface area contributed by atoms with Gasteiger partial charge in [-0.25, -0.2) is 0 Å². The number of rotatable bonds is 2. The maximum atomic E-state index is 10.7. The highest BCUT2D eigenvalue weighted by Crippen LogP contribution is 2.42. The molecule has 1 radical (unpaired) electrons. The Kier molecular flexibility index (Phi) is 3.71. The smallest absolute Gasteiger partial charge is 0.0704 e. The molecule has 0 heterocycles. The maximum absolute atomic E-state index is 10.7. The summed E-state index contributed by atoms with van der Waals surface area (Å²) >= 11 is 0. The van der Waals surface area contributed by atoms with E-state index in [1.807, 2.05) is 0 Å². The van der Waals surface area contributed by atoms with Gasteiger partial charge >= 0.3 is 0 Å². The van der Waals surface area contributed by atoms with Gasteiger partial charge in [0.05, 0.1) is 5.60 Å². The van der Waals surface area contributed by atoms with E-state index in [0.29, 0.717) is 11.8 Å². The molecular formula is C14H25O. The molecule has 2 fully saturated rings. The van der Waals surface area contributed by atoms with Crippen molar-refractivity contribution in [3.8, 4) is 0 Å². The van der Waals surface area contributed by atoms with Gasteiger partial charge in [0.2, 0.25) is 0 Å². The third-order valence-electron chi connectivity index (χ3n) is 4.62. The van der Waals surface area contributed by atoms with Crippen LogP contribution >= 0.6 is 0 Å². The van der Waals surface area contributed by atoms with Gasteiger partial charge in [-0.1, -0.05) is 38.5 Å². The SMILES string of the molecule is [CH2]C(O)(C1CCCCC1)C1CCCCC1. The minimum absolute atomic E-state index is 0.481. The zero-order valence-electron chi connectivity index (χ0n) is 9.88. The monoisotopic (exact) mass is 209 g/mol.